The molecule has 0 aromatic heterocycles. The zero-order valence-corrected chi connectivity index (χ0v) is 13.6. The number of carbonyl (C=O) groups is 1. The molecule has 1 amide bonds. The minimum Gasteiger partial charge on any atom is -0.483 e. The molecule has 0 aliphatic carbocycles. The lowest BCUT2D eigenvalue weighted by Crippen LogP contribution is -2.20. The van der Waals surface area contributed by atoms with E-state index in [0.717, 1.165) is 27.2 Å². The molecule has 0 heterocycles. The van der Waals surface area contributed by atoms with Gasteiger partial charge in [-0.15, -0.1) is 0 Å². The second kappa shape index (κ2) is 6.65. The minimum absolute atomic E-state index is 0.0269. The summed E-state index contributed by atoms with van der Waals surface area (Å²) in [5.41, 5.74) is 0.769. The lowest BCUT2D eigenvalue weighted by Gasteiger charge is -2.10. The quantitative estimate of drug-likeness (QED) is 0.572. The molecule has 1 N–H and O–H groups in total. The number of anilines is 1. The van der Waals surface area contributed by atoms with Gasteiger partial charge in [-0.3, -0.25) is 4.79 Å². The van der Waals surface area contributed by atoms with Crippen molar-refractivity contribution < 1.29 is 9.53 Å². The SMILES string of the molecule is O=C(COc1cccc2ccccc12)Nc1ccc2ccccc2c1. The first kappa shape index (κ1) is 15.2. The minimum atomic E-state index is -0.178. The Labute approximate surface area is 145 Å². The third-order valence-electron chi connectivity index (χ3n) is 4.14. The van der Waals surface area contributed by atoms with E-state index in [1.807, 2.05) is 84.9 Å². The van der Waals surface area contributed by atoms with E-state index in [1.165, 1.54) is 0 Å². The topological polar surface area (TPSA) is 38.3 Å². The van der Waals surface area contributed by atoms with Crippen LogP contribution in [0.2, 0.25) is 0 Å². The summed E-state index contributed by atoms with van der Waals surface area (Å²) in [4.78, 5) is 12.2. The zero-order valence-electron chi connectivity index (χ0n) is 13.6. The van der Waals surface area contributed by atoms with Crippen LogP contribution in [0.25, 0.3) is 21.5 Å². The van der Waals surface area contributed by atoms with Crippen LogP contribution in [0.1, 0.15) is 0 Å². The van der Waals surface area contributed by atoms with Gasteiger partial charge in [0.2, 0.25) is 0 Å². The number of nitrogens with one attached hydrogen (secondary N) is 1. The number of rotatable bonds is 4. The maximum atomic E-state index is 12.2. The number of amides is 1. The smallest absolute Gasteiger partial charge is 0.262 e. The monoisotopic (exact) mass is 327 g/mol. The highest BCUT2D eigenvalue weighted by molar-refractivity contribution is 5.95. The van der Waals surface area contributed by atoms with E-state index < -0.39 is 0 Å². The molecule has 0 spiro atoms. The summed E-state index contributed by atoms with van der Waals surface area (Å²) in [5, 5.41) is 7.22. The van der Waals surface area contributed by atoms with Gasteiger partial charge in [-0.1, -0.05) is 66.7 Å². The summed E-state index contributed by atoms with van der Waals surface area (Å²) in [6.45, 7) is -0.0269. The Morgan fingerprint density at radius 2 is 1.48 bits per heavy atom. The van der Waals surface area contributed by atoms with Crippen LogP contribution in [0.15, 0.2) is 84.9 Å². The van der Waals surface area contributed by atoms with Gasteiger partial charge in [0.1, 0.15) is 5.75 Å². The van der Waals surface area contributed by atoms with Crippen LogP contribution in [-0.4, -0.2) is 12.5 Å². The highest BCUT2D eigenvalue weighted by Gasteiger charge is 2.06. The molecule has 0 bridgehead atoms. The van der Waals surface area contributed by atoms with Crippen LogP contribution < -0.4 is 10.1 Å². The first-order valence-electron chi connectivity index (χ1n) is 8.19. The van der Waals surface area contributed by atoms with Gasteiger partial charge in [0.15, 0.2) is 6.61 Å². The summed E-state index contributed by atoms with van der Waals surface area (Å²) in [7, 11) is 0. The van der Waals surface area contributed by atoms with Gasteiger partial charge in [0.25, 0.3) is 5.91 Å². The second-order valence-corrected chi connectivity index (χ2v) is 5.88. The molecule has 4 aromatic rings. The fourth-order valence-corrected chi connectivity index (χ4v) is 2.93. The molecule has 0 saturated carbocycles. The highest BCUT2D eigenvalue weighted by atomic mass is 16.5. The Morgan fingerprint density at radius 3 is 2.36 bits per heavy atom. The zero-order chi connectivity index (χ0) is 17.1. The van der Waals surface area contributed by atoms with E-state index in [9.17, 15) is 4.79 Å². The van der Waals surface area contributed by atoms with Crippen LogP contribution >= 0.6 is 0 Å². The molecule has 4 rings (SSSR count). The first-order chi connectivity index (χ1) is 12.3. The van der Waals surface area contributed by atoms with E-state index in [1.54, 1.807) is 0 Å². The molecule has 3 heteroatoms. The molecule has 0 aliphatic heterocycles. The average molecular weight is 327 g/mol. The van der Waals surface area contributed by atoms with Gasteiger partial charge in [-0.2, -0.15) is 0 Å². The lowest BCUT2D eigenvalue weighted by molar-refractivity contribution is -0.118. The molecule has 3 nitrogen and oxygen atoms in total. The summed E-state index contributed by atoms with van der Waals surface area (Å²) in [5.74, 6) is 0.537. The molecule has 0 saturated heterocycles. The highest BCUT2D eigenvalue weighted by Crippen LogP contribution is 2.25. The van der Waals surface area contributed by atoms with Crippen molar-refractivity contribution in [2.24, 2.45) is 0 Å². The fourth-order valence-electron chi connectivity index (χ4n) is 2.93. The fraction of sp³-hybridized carbons (Fsp3) is 0.0455. The molecular formula is C22H17NO2. The van der Waals surface area contributed by atoms with Crippen molar-refractivity contribution in [3.8, 4) is 5.75 Å². The van der Waals surface area contributed by atoms with E-state index in [4.69, 9.17) is 4.74 Å². The van der Waals surface area contributed by atoms with Crippen molar-refractivity contribution >= 4 is 33.1 Å². The van der Waals surface area contributed by atoms with Gasteiger partial charge in [-0.05, 0) is 34.4 Å². The molecule has 122 valence electrons. The predicted molar refractivity (Wildman–Crippen MR) is 102 cm³/mol. The molecular weight excluding hydrogens is 310 g/mol. The Balaban J connectivity index is 1.46. The predicted octanol–water partition coefficient (Wildman–Crippen LogP) is 5.01. The van der Waals surface area contributed by atoms with E-state index in [0.29, 0.717) is 5.75 Å². The summed E-state index contributed by atoms with van der Waals surface area (Å²) in [6.07, 6.45) is 0. The number of hydrogen-bond acceptors (Lipinski definition) is 2. The number of carbonyl (C=O) groups excluding carboxylic acids is 1. The number of ether oxygens (including phenoxy) is 1. The Morgan fingerprint density at radius 1 is 0.760 bits per heavy atom. The second-order valence-electron chi connectivity index (χ2n) is 5.88. The van der Waals surface area contributed by atoms with Gasteiger partial charge < -0.3 is 10.1 Å². The van der Waals surface area contributed by atoms with Crippen molar-refractivity contribution in [2.75, 3.05) is 11.9 Å². The van der Waals surface area contributed by atoms with Crippen molar-refractivity contribution in [2.45, 2.75) is 0 Å². The number of fused-ring (bicyclic) bond motifs is 2. The van der Waals surface area contributed by atoms with Crippen molar-refractivity contribution in [1.29, 1.82) is 0 Å². The normalized spacial score (nSPS) is 10.7. The molecule has 4 aromatic carbocycles. The van der Waals surface area contributed by atoms with Gasteiger partial charge in [0.05, 0.1) is 0 Å². The van der Waals surface area contributed by atoms with Gasteiger partial charge in [-0.25, -0.2) is 0 Å². The first-order valence-corrected chi connectivity index (χ1v) is 8.19. The van der Waals surface area contributed by atoms with E-state index in [2.05, 4.69) is 5.32 Å². The maximum Gasteiger partial charge on any atom is 0.262 e. The molecule has 0 aliphatic rings. The van der Waals surface area contributed by atoms with Crippen LogP contribution in [0.4, 0.5) is 5.69 Å². The third kappa shape index (κ3) is 3.31. The summed E-state index contributed by atoms with van der Waals surface area (Å²) >= 11 is 0. The largest absolute Gasteiger partial charge is 0.483 e. The Kier molecular flexibility index (Phi) is 4.05. The summed E-state index contributed by atoms with van der Waals surface area (Å²) < 4.78 is 5.73. The van der Waals surface area contributed by atoms with Crippen LogP contribution in [0, 0.1) is 0 Å². The Bertz CT molecular complexity index is 1050. The molecule has 0 fully saturated rings. The number of hydrogen-bond donors (Lipinski definition) is 1. The van der Waals surface area contributed by atoms with E-state index >= 15 is 0 Å². The van der Waals surface area contributed by atoms with Crippen LogP contribution in [0.5, 0.6) is 5.75 Å². The lowest BCUT2D eigenvalue weighted by atomic mass is 10.1. The maximum absolute atomic E-state index is 12.2. The van der Waals surface area contributed by atoms with Crippen molar-refractivity contribution in [3.05, 3.63) is 84.9 Å². The molecule has 0 atom stereocenters. The Hall–Kier alpha value is -3.33. The van der Waals surface area contributed by atoms with Crippen molar-refractivity contribution in [3.63, 3.8) is 0 Å². The molecule has 0 radical (unpaired) electrons. The average Bonchev–Trinajstić information content (AvgIpc) is 2.66. The van der Waals surface area contributed by atoms with E-state index in [-0.39, 0.29) is 12.5 Å². The van der Waals surface area contributed by atoms with Gasteiger partial charge >= 0.3 is 0 Å². The van der Waals surface area contributed by atoms with Gasteiger partial charge in [0, 0.05) is 11.1 Å². The molecule has 0 unspecified atom stereocenters. The van der Waals surface area contributed by atoms with Crippen molar-refractivity contribution in [1.82, 2.24) is 0 Å². The standard InChI is InChI=1S/C22H17NO2/c24-22(23-19-13-12-16-6-1-2-8-18(16)14-19)15-25-21-11-5-9-17-7-3-4-10-20(17)21/h1-14H,15H2,(H,23,24). The van der Waals surface area contributed by atoms with Crippen LogP contribution in [-0.2, 0) is 4.79 Å². The summed E-state index contributed by atoms with van der Waals surface area (Å²) in [6, 6.07) is 27.7. The van der Waals surface area contributed by atoms with Crippen LogP contribution in [0.3, 0.4) is 0 Å². The molecule has 25 heavy (non-hydrogen) atoms. The third-order valence-corrected chi connectivity index (χ3v) is 4.14. The number of benzene rings is 4.